The molecule has 0 amide bonds. The van der Waals surface area contributed by atoms with E-state index in [-0.39, 0.29) is 10.9 Å². The highest BCUT2D eigenvalue weighted by Crippen LogP contribution is 2.23. The molecule has 1 atom stereocenters. The van der Waals surface area contributed by atoms with Crippen molar-refractivity contribution in [3.63, 3.8) is 0 Å². The predicted octanol–water partition coefficient (Wildman–Crippen LogP) is 2.15. The van der Waals surface area contributed by atoms with E-state index in [0.29, 0.717) is 18.7 Å². The van der Waals surface area contributed by atoms with E-state index < -0.39 is 10.0 Å². The molecule has 2 aromatic carbocycles. The van der Waals surface area contributed by atoms with Gasteiger partial charge in [0.15, 0.2) is 0 Å². The lowest BCUT2D eigenvalue weighted by molar-refractivity contribution is 0.356. The highest BCUT2D eigenvalue weighted by Gasteiger charge is 2.23. The number of rotatable bonds is 8. The third-order valence-electron chi connectivity index (χ3n) is 3.59. The minimum absolute atomic E-state index is 0.157. The van der Waals surface area contributed by atoms with E-state index in [1.54, 1.807) is 24.3 Å². The van der Waals surface area contributed by atoms with Gasteiger partial charge in [-0.25, -0.2) is 13.1 Å². The third kappa shape index (κ3) is 5.06. The molecule has 0 saturated heterocycles. The second kappa shape index (κ2) is 8.28. The van der Waals surface area contributed by atoms with Crippen molar-refractivity contribution < 1.29 is 13.2 Å². The third-order valence-corrected chi connectivity index (χ3v) is 5.15. The second-order valence-electron chi connectivity index (χ2n) is 5.92. The minimum atomic E-state index is -3.67. The monoisotopic (exact) mass is 348 g/mol. The fourth-order valence-electron chi connectivity index (χ4n) is 2.61. The molecule has 2 aromatic rings. The molecule has 0 bridgehead atoms. The van der Waals surface area contributed by atoms with E-state index in [1.807, 2.05) is 49.3 Å². The fraction of sp³-hybridized carbons (Fsp3) is 0.333. The van der Waals surface area contributed by atoms with Crippen LogP contribution in [0, 0.1) is 0 Å². The van der Waals surface area contributed by atoms with Crippen LogP contribution in [-0.2, 0) is 16.4 Å². The first-order chi connectivity index (χ1) is 11.4. The van der Waals surface area contributed by atoms with Gasteiger partial charge >= 0.3 is 0 Å². The van der Waals surface area contributed by atoms with Crippen LogP contribution in [0.15, 0.2) is 59.5 Å². The number of ether oxygens (including phenoxy) is 1. The largest absolute Gasteiger partial charge is 0.495 e. The zero-order valence-electron chi connectivity index (χ0n) is 14.3. The average Bonchev–Trinajstić information content (AvgIpc) is 2.54. The predicted molar refractivity (Wildman–Crippen MR) is 95.8 cm³/mol. The first-order valence-electron chi connectivity index (χ1n) is 7.76. The lowest BCUT2D eigenvalue weighted by Gasteiger charge is -2.23. The van der Waals surface area contributed by atoms with Crippen molar-refractivity contribution in [2.75, 3.05) is 27.7 Å². The van der Waals surface area contributed by atoms with Gasteiger partial charge < -0.3 is 9.64 Å². The molecule has 0 spiro atoms. The lowest BCUT2D eigenvalue weighted by Crippen LogP contribution is -2.43. The summed E-state index contributed by atoms with van der Waals surface area (Å²) < 4.78 is 33.6. The van der Waals surface area contributed by atoms with Crippen LogP contribution >= 0.6 is 0 Å². The van der Waals surface area contributed by atoms with Gasteiger partial charge in [0, 0.05) is 12.6 Å². The maximum absolute atomic E-state index is 12.8. The quantitative estimate of drug-likeness (QED) is 0.794. The van der Waals surface area contributed by atoms with Crippen LogP contribution < -0.4 is 9.46 Å². The summed E-state index contributed by atoms with van der Waals surface area (Å²) >= 11 is 0. The van der Waals surface area contributed by atoms with Crippen LogP contribution in [0.4, 0.5) is 0 Å². The summed E-state index contributed by atoms with van der Waals surface area (Å²) in [5, 5.41) is 0. The Balaban J connectivity index is 2.24. The van der Waals surface area contributed by atoms with Gasteiger partial charge in [-0.2, -0.15) is 0 Å². The van der Waals surface area contributed by atoms with Crippen molar-refractivity contribution in [2.45, 2.75) is 17.4 Å². The van der Waals surface area contributed by atoms with Gasteiger partial charge in [0.25, 0.3) is 0 Å². The summed E-state index contributed by atoms with van der Waals surface area (Å²) in [6, 6.07) is 16.3. The number of methoxy groups -OCH3 is 1. The molecule has 0 heterocycles. The molecule has 0 aliphatic heterocycles. The number of para-hydroxylation sites is 1. The molecule has 0 aromatic heterocycles. The van der Waals surface area contributed by atoms with E-state index in [9.17, 15) is 8.42 Å². The van der Waals surface area contributed by atoms with Crippen molar-refractivity contribution in [3.8, 4) is 5.75 Å². The van der Waals surface area contributed by atoms with Crippen molar-refractivity contribution in [1.29, 1.82) is 0 Å². The molecule has 5 nitrogen and oxygen atoms in total. The van der Waals surface area contributed by atoms with Crippen LogP contribution in [0.3, 0.4) is 0 Å². The maximum atomic E-state index is 12.8. The first-order valence-corrected chi connectivity index (χ1v) is 9.24. The molecule has 0 fully saturated rings. The number of benzene rings is 2. The number of nitrogens with zero attached hydrogens (tertiary/aromatic N) is 1. The highest BCUT2D eigenvalue weighted by atomic mass is 32.2. The molecule has 6 heteroatoms. The Morgan fingerprint density at radius 2 is 1.67 bits per heavy atom. The van der Waals surface area contributed by atoms with Gasteiger partial charge in [-0.05, 0) is 38.2 Å². The molecule has 2 rings (SSSR count). The smallest absolute Gasteiger partial charge is 0.244 e. The Morgan fingerprint density at radius 3 is 2.29 bits per heavy atom. The van der Waals surface area contributed by atoms with Gasteiger partial charge in [0.1, 0.15) is 10.6 Å². The Labute approximate surface area is 144 Å². The summed E-state index contributed by atoms with van der Waals surface area (Å²) in [4.78, 5) is 2.13. The van der Waals surface area contributed by atoms with E-state index in [2.05, 4.69) is 4.72 Å². The number of sulfonamides is 1. The molecule has 0 saturated carbocycles. The molecular weight excluding hydrogens is 324 g/mol. The van der Waals surface area contributed by atoms with Gasteiger partial charge in [-0.1, -0.05) is 42.5 Å². The molecule has 24 heavy (non-hydrogen) atoms. The fourth-order valence-corrected chi connectivity index (χ4v) is 4.00. The normalized spacial score (nSPS) is 13.0. The van der Waals surface area contributed by atoms with Gasteiger partial charge in [-0.15, -0.1) is 0 Å². The second-order valence-corrected chi connectivity index (χ2v) is 7.60. The van der Waals surface area contributed by atoms with E-state index in [0.717, 1.165) is 5.56 Å². The number of nitrogens with one attached hydrogen (secondary N) is 1. The van der Waals surface area contributed by atoms with Crippen molar-refractivity contribution in [3.05, 3.63) is 60.2 Å². The topological polar surface area (TPSA) is 58.6 Å². The first kappa shape index (κ1) is 18.4. The standard InChI is InChI=1S/C18H24N2O3S/c1-20(2)14-16(13-15-9-5-4-6-10-15)19-24(21,22)18-12-8-7-11-17(18)23-3/h4-12,16,19H,13-14H2,1-3H3/t16-/m1/s1. The molecule has 130 valence electrons. The van der Waals surface area contributed by atoms with Crippen LogP contribution in [0.25, 0.3) is 0 Å². The molecular formula is C18H24N2O3S. The summed E-state index contributed by atoms with van der Waals surface area (Å²) in [7, 11) is 1.65. The van der Waals surface area contributed by atoms with Crippen LogP contribution in [0.5, 0.6) is 5.75 Å². The average molecular weight is 348 g/mol. The van der Waals surface area contributed by atoms with Crippen molar-refractivity contribution in [2.24, 2.45) is 0 Å². The van der Waals surface area contributed by atoms with Crippen molar-refractivity contribution >= 4 is 10.0 Å². The molecule has 0 unspecified atom stereocenters. The zero-order chi connectivity index (χ0) is 17.6. The Bertz CT molecular complexity index is 746. The lowest BCUT2D eigenvalue weighted by atomic mass is 10.1. The summed E-state index contributed by atoms with van der Waals surface area (Å²) in [5.74, 6) is 0.341. The number of hydrogen-bond acceptors (Lipinski definition) is 4. The van der Waals surface area contributed by atoms with E-state index in [1.165, 1.54) is 7.11 Å². The highest BCUT2D eigenvalue weighted by molar-refractivity contribution is 7.89. The Morgan fingerprint density at radius 1 is 1.04 bits per heavy atom. The molecule has 0 aliphatic rings. The van der Waals surface area contributed by atoms with Gasteiger partial charge in [0.2, 0.25) is 10.0 Å². The zero-order valence-corrected chi connectivity index (χ0v) is 15.1. The number of likely N-dealkylation sites (N-methyl/N-ethyl adjacent to an activating group) is 1. The summed E-state index contributed by atoms with van der Waals surface area (Å²) in [6.45, 7) is 0.600. The Hall–Kier alpha value is -1.89. The van der Waals surface area contributed by atoms with Gasteiger partial charge in [-0.3, -0.25) is 0 Å². The van der Waals surface area contributed by atoms with Crippen molar-refractivity contribution in [1.82, 2.24) is 9.62 Å². The molecule has 1 N–H and O–H groups in total. The van der Waals surface area contributed by atoms with E-state index >= 15 is 0 Å². The number of hydrogen-bond donors (Lipinski definition) is 1. The maximum Gasteiger partial charge on any atom is 0.244 e. The minimum Gasteiger partial charge on any atom is -0.495 e. The summed E-state index contributed by atoms with van der Waals surface area (Å²) in [6.07, 6.45) is 0.618. The van der Waals surface area contributed by atoms with Crippen LogP contribution in [-0.4, -0.2) is 47.1 Å². The SMILES string of the molecule is COc1ccccc1S(=O)(=O)N[C@H](Cc1ccccc1)CN(C)C. The summed E-state index contributed by atoms with van der Waals surface area (Å²) in [5.41, 5.74) is 1.09. The Kier molecular flexibility index (Phi) is 6.36. The molecule has 0 radical (unpaired) electrons. The van der Waals surface area contributed by atoms with Gasteiger partial charge in [0.05, 0.1) is 7.11 Å². The molecule has 0 aliphatic carbocycles. The van der Waals surface area contributed by atoms with Crippen LogP contribution in [0.1, 0.15) is 5.56 Å². The van der Waals surface area contributed by atoms with E-state index in [4.69, 9.17) is 4.74 Å². The van der Waals surface area contributed by atoms with Crippen LogP contribution in [0.2, 0.25) is 0 Å².